The van der Waals surface area contributed by atoms with E-state index in [1.165, 1.54) is 0 Å². The molecular formula is C7H8F3N3O. The molecule has 1 aliphatic rings. The number of alkyl halides is 3. The lowest BCUT2D eigenvalue weighted by Crippen LogP contribution is -2.40. The largest absolute Gasteiger partial charge is 0.410 e. The first-order valence-electron chi connectivity index (χ1n) is 3.94. The molecule has 4 nitrogen and oxygen atoms in total. The fourth-order valence-corrected chi connectivity index (χ4v) is 1.15. The molecule has 0 unspecified atom stereocenters. The first-order valence-corrected chi connectivity index (χ1v) is 3.94. The van der Waals surface area contributed by atoms with E-state index >= 15 is 0 Å². The lowest BCUT2D eigenvalue weighted by atomic mass is 10.3. The van der Waals surface area contributed by atoms with Gasteiger partial charge in [-0.15, -0.1) is 0 Å². The van der Waals surface area contributed by atoms with Crippen molar-refractivity contribution in [3.8, 4) is 6.07 Å². The molecule has 0 aromatic heterocycles. The van der Waals surface area contributed by atoms with Gasteiger partial charge in [-0.05, 0) is 0 Å². The van der Waals surface area contributed by atoms with E-state index in [2.05, 4.69) is 0 Å². The quantitative estimate of drug-likeness (QED) is 0.729. The number of rotatable bonds is 2. The molecule has 0 aromatic carbocycles. The van der Waals surface area contributed by atoms with Gasteiger partial charge in [0.1, 0.15) is 6.04 Å². The number of nitriles is 1. The predicted octanol–water partition coefficient (Wildman–Crippen LogP) is 0.856. The van der Waals surface area contributed by atoms with Crippen LogP contribution >= 0.6 is 0 Å². The molecule has 7 heteroatoms. The lowest BCUT2D eigenvalue weighted by Gasteiger charge is -2.14. The Kier molecular flexibility index (Phi) is 2.84. The standard InChI is InChI=1S/C7H8F3N3O/c8-7(9,10)5-4-13(3-1-2-11)6(14)12-5/h5H,1,3-4H2,(H,12,14)/t5-/m0/s1. The summed E-state index contributed by atoms with van der Waals surface area (Å²) < 4.78 is 36.4. The van der Waals surface area contributed by atoms with Crippen LogP contribution in [-0.2, 0) is 0 Å². The molecule has 1 heterocycles. The zero-order chi connectivity index (χ0) is 10.8. The minimum Gasteiger partial charge on any atom is -0.324 e. The van der Waals surface area contributed by atoms with E-state index in [1.54, 1.807) is 11.4 Å². The topological polar surface area (TPSA) is 56.1 Å². The van der Waals surface area contributed by atoms with Crippen molar-refractivity contribution in [1.29, 1.82) is 5.26 Å². The number of urea groups is 1. The van der Waals surface area contributed by atoms with Crippen LogP contribution in [0.1, 0.15) is 6.42 Å². The van der Waals surface area contributed by atoms with Crippen LogP contribution < -0.4 is 5.32 Å². The Morgan fingerprint density at radius 2 is 2.29 bits per heavy atom. The highest BCUT2D eigenvalue weighted by Gasteiger charge is 2.46. The van der Waals surface area contributed by atoms with Gasteiger partial charge in [0.25, 0.3) is 0 Å². The van der Waals surface area contributed by atoms with Crippen LogP contribution in [-0.4, -0.2) is 36.2 Å². The third kappa shape index (κ3) is 2.28. The zero-order valence-electron chi connectivity index (χ0n) is 7.14. The van der Waals surface area contributed by atoms with Gasteiger partial charge in [-0.3, -0.25) is 0 Å². The second kappa shape index (κ2) is 3.74. The highest BCUT2D eigenvalue weighted by Crippen LogP contribution is 2.24. The van der Waals surface area contributed by atoms with Crippen molar-refractivity contribution >= 4 is 6.03 Å². The normalized spacial score (nSPS) is 22.0. The molecule has 0 saturated carbocycles. The Hall–Kier alpha value is -1.45. The molecule has 0 radical (unpaired) electrons. The molecule has 0 aromatic rings. The molecule has 1 rings (SSSR count). The van der Waals surface area contributed by atoms with E-state index in [0.717, 1.165) is 4.90 Å². The SMILES string of the molecule is N#CCCN1C[C@@H](C(F)(F)F)NC1=O. The number of carbonyl (C=O) groups is 1. The van der Waals surface area contributed by atoms with Gasteiger partial charge in [0.15, 0.2) is 0 Å². The van der Waals surface area contributed by atoms with Crippen molar-refractivity contribution in [2.75, 3.05) is 13.1 Å². The van der Waals surface area contributed by atoms with E-state index in [0.29, 0.717) is 0 Å². The zero-order valence-corrected chi connectivity index (χ0v) is 7.14. The summed E-state index contributed by atoms with van der Waals surface area (Å²) in [7, 11) is 0. The summed E-state index contributed by atoms with van der Waals surface area (Å²) >= 11 is 0. The molecule has 0 spiro atoms. The number of hydrogen-bond donors (Lipinski definition) is 1. The van der Waals surface area contributed by atoms with Crippen LogP contribution in [0.3, 0.4) is 0 Å². The highest BCUT2D eigenvalue weighted by atomic mass is 19.4. The van der Waals surface area contributed by atoms with Crippen LogP contribution in [0.4, 0.5) is 18.0 Å². The van der Waals surface area contributed by atoms with Gasteiger partial charge in [0, 0.05) is 6.54 Å². The van der Waals surface area contributed by atoms with Crippen LogP contribution in [0.25, 0.3) is 0 Å². The predicted molar refractivity (Wildman–Crippen MR) is 40.2 cm³/mol. The maximum Gasteiger partial charge on any atom is 0.410 e. The van der Waals surface area contributed by atoms with Crippen molar-refractivity contribution in [3.63, 3.8) is 0 Å². The van der Waals surface area contributed by atoms with E-state index in [4.69, 9.17) is 5.26 Å². The van der Waals surface area contributed by atoms with E-state index < -0.39 is 24.8 Å². The number of nitrogens with one attached hydrogen (secondary N) is 1. The molecular weight excluding hydrogens is 199 g/mol. The second-order valence-corrected chi connectivity index (χ2v) is 2.90. The Bertz CT molecular complexity index is 270. The van der Waals surface area contributed by atoms with Gasteiger partial charge in [-0.2, -0.15) is 18.4 Å². The minimum atomic E-state index is -4.42. The van der Waals surface area contributed by atoms with Gasteiger partial charge < -0.3 is 10.2 Å². The summed E-state index contributed by atoms with van der Waals surface area (Å²) in [5.74, 6) is 0. The van der Waals surface area contributed by atoms with Crippen molar-refractivity contribution in [2.24, 2.45) is 0 Å². The molecule has 1 fully saturated rings. The molecule has 0 bridgehead atoms. The van der Waals surface area contributed by atoms with Gasteiger partial charge in [0.05, 0.1) is 19.0 Å². The van der Waals surface area contributed by atoms with E-state index in [1.807, 2.05) is 0 Å². The summed E-state index contributed by atoms with van der Waals surface area (Å²) in [5, 5.41) is 10.0. The lowest BCUT2D eigenvalue weighted by molar-refractivity contribution is -0.149. The highest BCUT2D eigenvalue weighted by molar-refractivity contribution is 5.77. The monoisotopic (exact) mass is 207 g/mol. The summed E-state index contributed by atoms with van der Waals surface area (Å²) in [6.45, 7) is -0.376. The van der Waals surface area contributed by atoms with Crippen LogP contribution in [0.2, 0.25) is 0 Å². The first kappa shape index (κ1) is 10.6. The van der Waals surface area contributed by atoms with Crippen LogP contribution in [0.15, 0.2) is 0 Å². The van der Waals surface area contributed by atoms with Crippen LogP contribution in [0.5, 0.6) is 0 Å². The summed E-state index contributed by atoms with van der Waals surface area (Å²) in [4.78, 5) is 11.9. The molecule has 0 aliphatic carbocycles. The Balaban J connectivity index is 2.53. The van der Waals surface area contributed by atoms with Gasteiger partial charge in [0.2, 0.25) is 0 Å². The molecule has 1 saturated heterocycles. The van der Waals surface area contributed by atoms with Crippen molar-refractivity contribution in [1.82, 2.24) is 10.2 Å². The summed E-state index contributed by atoms with van der Waals surface area (Å²) in [6.07, 6.45) is -4.38. The maximum atomic E-state index is 12.1. The molecule has 78 valence electrons. The molecule has 1 atom stereocenters. The average Bonchev–Trinajstić information content (AvgIpc) is 2.43. The second-order valence-electron chi connectivity index (χ2n) is 2.90. The molecule has 14 heavy (non-hydrogen) atoms. The summed E-state index contributed by atoms with van der Waals surface area (Å²) in [6, 6.07) is -0.807. The maximum absolute atomic E-state index is 12.1. The van der Waals surface area contributed by atoms with Crippen molar-refractivity contribution < 1.29 is 18.0 Å². The van der Waals surface area contributed by atoms with Gasteiger partial charge in [-0.1, -0.05) is 0 Å². The Morgan fingerprint density at radius 3 is 2.71 bits per heavy atom. The van der Waals surface area contributed by atoms with Gasteiger partial charge >= 0.3 is 12.2 Å². The van der Waals surface area contributed by atoms with Crippen LogP contribution in [0, 0.1) is 11.3 Å². The first-order chi connectivity index (χ1) is 6.45. The Labute approximate surface area is 78.3 Å². The van der Waals surface area contributed by atoms with E-state index in [-0.39, 0.29) is 13.0 Å². The molecule has 2 amide bonds. The molecule has 1 aliphatic heterocycles. The minimum absolute atomic E-state index is 0.0366. The number of amides is 2. The van der Waals surface area contributed by atoms with E-state index in [9.17, 15) is 18.0 Å². The number of carbonyl (C=O) groups excluding carboxylic acids is 1. The van der Waals surface area contributed by atoms with Gasteiger partial charge in [-0.25, -0.2) is 4.79 Å². The molecule has 1 N–H and O–H groups in total. The number of nitrogens with zero attached hydrogens (tertiary/aromatic N) is 2. The Morgan fingerprint density at radius 1 is 1.64 bits per heavy atom. The third-order valence-corrected chi connectivity index (χ3v) is 1.88. The summed E-state index contributed by atoms with van der Waals surface area (Å²) in [5.41, 5.74) is 0. The fraction of sp³-hybridized carbons (Fsp3) is 0.714. The number of halogens is 3. The van der Waals surface area contributed by atoms with Crippen molar-refractivity contribution in [3.05, 3.63) is 0 Å². The smallest absolute Gasteiger partial charge is 0.324 e. The third-order valence-electron chi connectivity index (χ3n) is 1.88. The number of hydrogen-bond acceptors (Lipinski definition) is 2. The average molecular weight is 207 g/mol. The van der Waals surface area contributed by atoms with Crippen molar-refractivity contribution in [2.45, 2.75) is 18.6 Å². The fourth-order valence-electron chi connectivity index (χ4n) is 1.15.